The molecule has 2 nitrogen and oxygen atoms in total. The number of hydrogen-bond acceptors (Lipinski definition) is 2. The first-order valence-electron chi connectivity index (χ1n) is 2.55. The van der Waals surface area contributed by atoms with Crippen LogP contribution in [0.3, 0.4) is 0 Å². The third-order valence-corrected chi connectivity index (χ3v) is 0.736. The van der Waals surface area contributed by atoms with Crippen molar-refractivity contribution in [3.63, 3.8) is 0 Å². The Morgan fingerprint density at radius 3 is 2.78 bits per heavy atom. The summed E-state index contributed by atoms with van der Waals surface area (Å²) >= 11 is 0. The molecule has 0 spiro atoms. The van der Waals surface area contributed by atoms with Gasteiger partial charge >= 0.3 is 0 Å². The average molecular weight is 123 g/mol. The summed E-state index contributed by atoms with van der Waals surface area (Å²) in [4.78, 5) is 13.4. The Morgan fingerprint density at radius 1 is 1.67 bits per heavy atom. The Morgan fingerprint density at radius 2 is 2.33 bits per heavy atom. The van der Waals surface area contributed by atoms with Crippen LogP contribution in [0.15, 0.2) is 28.9 Å². The molecule has 0 N–H and O–H groups in total. The van der Waals surface area contributed by atoms with Gasteiger partial charge in [-0.3, -0.25) is 9.79 Å². The predicted molar refractivity (Wildman–Crippen MR) is 38.5 cm³/mol. The van der Waals surface area contributed by atoms with Gasteiger partial charge in [-0.25, -0.2) is 0 Å². The smallest absolute Gasteiger partial charge is 0.145 e. The van der Waals surface area contributed by atoms with Gasteiger partial charge < -0.3 is 0 Å². The van der Waals surface area contributed by atoms with E-state index in [0.29, 0.717) is 5.57 Å². The summed E-state index contributed by atoms with van der Waals surface area (Å²) in [5.41, 5.74) is 0.676. The number of nitrogens with zero attached hydrogens (tertiary/aromatic N) is 1. The molecule has 0 aromatic rings. The van der Waals surface area contributed by atoms with Crippen molar-refractivity contribution < 1.29 is 4.79 Å². The summed E-state index contributed by atoms with van der Waals surface area (Å²) < 4.78 is 0. The summed E-state index contributed by atoms with van der Waals surface area (Å²) in [6.45, 7) is 4.95. The molecule has 9 heavy (non-hydrogen) atoms. The van der Waals surface area contributed by atoms with Crippen molar-refractivity contribution in [1.29, 1.82) is 0 Å². The van der Waals surface area contributed by atoms with Crippen LogP contribution in [-0.4, -0.2) is 13.0 Å². The summed E-state index contributed by atoms with van der Waals surface area (Å²) in [6, 6.07) is 0. The summed E-state index contributed by atoms with van der Waals surface area (Å²) in [7, 11) is 0. The zero-order chi connectivity index (χ0) is 7.11. The van der Waals surface area contributed by atoms with Crippen molar-refractivity contribution in [2.75, 3.05) is 0 Å². The van der Waals surface area contributed by atoms with Gasteiger partial charge in [-0.05, 0) is 25.3 Å². The molecule has 0 aliphatic heterocycles. The number of carbonyl (C=O) groups is 1. The summed E-state index contributed by atoms with van der Waals surface area (Å²) in [6.07, 6.45) is 5.64. The van der Waals surface area contributed by atoms with Gasteiger partial charge in [-0.15, -0.1) is 0 Å². The maximum atomic E-state index is 9.95. The number of aldehydes is 1. The van der Waals surface area contributed by atoms with Crippen molar-refractivity contribution in [3.05, 3.63) is 23.9 Å². The lowest BCUT2D eigenvalue weighted by Gasteiger charge is -1.77. The second kappa shape index (κ2) is 4.97. The first-order chi connectivity index (χ1) is 4.31. The van der Waals surface area contributed by atoms with E-state index in [-0.39, 0.29) is 0 Å². The molecule has 0 aromatic heterocycles. The standard InChI is InChI=1S/C7H9NO/c1-7(6-9)4-3-5-8-2/h3-6H,2H2,1H3/b5-3-,7-4+. The van der Waals surface area contributed by atoms with Crippen LogP contribution in [0.25, 0.3) is 0 Å². The van der Waals surface area contributed by atoms with Gasteiger partial charge in [0.1, 0.15) is 6.29 Å². The first kappa shape index (κ1) is 7.82. The third-order valence-electron chi connectivity index (χ3n) is 0.736. The molecule has 0 heterocycles. The van der Waals surface area contributed by atoms with Crippen LogP contribution in [0, 0.1) is 0 Å². The van der Waals surface area contributed by atoms with Crippen molar-refractivity contribution in [1.82, 2.24) is 0 Å². The maximum absolute atomic E-state index is 9.95. The van der Waals surface area contributed by atoms with Crippen molar-refractivity contribution in [3.8, 4) is 0 Å². The largest absolute Gasteiger partial charge is 0.298 e. The Hall–Kier alpha value is -1.18. The van der Waals surface area contributed by atoms with Gasteiger partial charge in [0, 0.05) is 6.20 Å². The minimum absolute atomic E-state index is 0.676. The highest BCUT2D eigenvalue weighted by Gasteiger charge is 1.75. The van der Waals surface area contributed by atoms with Gasteiger partial charge in [-0.2, -0.15) is 0 Å². The molecule has 0 fully saturated rings. The molecule has 0 aromatic carbocycles. The number of carbonyl (C=O) groups excluding carboxylic acids is 1. The fraction of sp³-hybridized carbons (Fsp3) is 0.143. The normalized spacial score (nSPS) is 11.9. The zero-order valence-electron chi connectivity index (χ0n) is 5.37. The van der Waals surface area contributed by atoms with Crippen LogP contribution in [0.5, 0.6) is 0 Å². The zero-order valence-corrected chi connectivity index (χ0v) is 5.37. The molecule has 0 saturated carbocycles. The summed E-state index contributed by atoms with van der Waals surface area (Å²) in [5, 5.41) is 0. The fourth-order valence-electron chi connectivity index (χ4n) is 0.295. The molecule has 48 valence electrons. The molecule has 0 atom stereocenters. The third kappa shape index (κ3) is 4.68. The van der Waals surface area contributed by atoms with Crippen molar-refractivity contribution >= 4 is 13.0 Å². The number of rotatable bonds is 3. The maximum Gasteiger partial charge on any atom is 0.145 e. The van der Waals surface area contributed by atoms with Crippen molar-refractivity contribution in [2.45, 2.75) is 6.92 Å². The predicted octanol–water partition coefficient (Wildman–Crippen LogP) is 1.35. The Labute approximate surface area is 54.6 Å². The van der Waals surface area contributed by atoms with Gasteiger partial charge in [0.2, 0.25) is 0 Å². The van der Waals surface area contributed by atoms with Crippen molar-refractivity contribution in [2.24, 2.45) is 4.99 Å². The molecule has 0 amide bonds. The fourth-order valence-corrected chi connectivity index (χ4v) is 0.295. The van der Waals surface area contributed by atoms with Crippen LogP contribution >= 0.6 is 0 Å². The number of aliphatic imine (C=N–C) groups is 1. The van der Waals surface area contributed by atoms with Gasteiger partial charge in [0.15, 0.2) is 0 Å². The highest BCUT2D eigenvalue weighted by molar-refractivity contribution is 5.72. The highest BCUT2D eigenvalue weighted by Crippen LogP contribution is 1.86. The Balaban J connectivity index is 3.81. The molecule has 0 rings (SSSR count). The molecule has 2 heteroatoms. The van der Waals surface area contributed by atoms with E-state index < -0.39 is 0 Å². The molecule has 0 radical (unpaired) electrons. The quantitative estimate of drug-likeness (QED) is 0.241. The number of hydrogen-bond donors (Lipinski definition) is 0. The molecular formula is C7H9NO. The van der Waals surface area contributed by atoms with E-state index in [1.807, 2.05) is 0 Å². The van der Waals surface area contributed by atoms with E-state index in [0.717, 1.165) is 6.29 Å². The molecule has 0 unspecified atom stereocenters. The summed E-state index contributed by atoms with van der Waals surface area (Å²) in [5.74, 6) is 0. The lowest BCUT2D eigenvalue weighted by atomic mass is 10.3. The second-order valence-corrected chi connectivity index (χ2v) is 1.55. The topological polar surface area (TPSA) is 29.4 Å². The Bertz CT molecular complexity index is 156. The lowest BCUT2D eigenvalue weighted by molar-refractivity contribution is -0.104. The number of allylic oxidation sites excluding steroid dienone is 3. The van der Waals surface area contributed by atoms with Gasteiger partial charge in [-0.1, -0.05) is 6.08 Å². The molecule has 0 saturated heterocycles. The van der Waals surface area contributed by atoms with Crippen LogP contribution in [-0.2, 0) is 4.79 Å². The van der Waals surface area contributed by atoms with E-state index in [1.165, 1.54) is 6.20 Å². The highest BCUT2D eigenvalue weighted by atomic mass is 16.1. The Kier molecular flexibility index (Phi) is 4.32. The van der Waals surface area contributed by atoms with E-state index >= 15 is 0 Å². The monoisotopic (exact) mass is 123 g/mol. The van der Waals surface area contributed by atoms with Gasteiger partial charge in [0.25, 0.3) is 0 Å². The lowest BCUT2D eigenvalue weighted by Crippen LogP contribution is -1.71. The van der Waals surface area contributed by atoms with E-state index in [2.05, 4.69) is 11.7 Å². The van der Waals surface area contributed by atoms with Crippen LogP contribution in [0.2, 0.25) is 0 Å². The second-order valence-electron chi connectivity index (χ2n) is 1.55. The van der Waals surface area contributed by atoms with Crippen LogP contribution in [0.1, 0.15) is 6.92 Å². The van der Waals surface area contributed by atoms with E-state index in [9.17, 15) is 4.79 Å². The molecule has 0 aliphatic rings. The SMILES string of the molecule is C=N/C=C\C=C(/C)C=O. The van der Waals surface area contributed by atoms with E-state index in [1.54, 1.807) is 19.1 Å². The molecular weight excluding hydrogens is 114 g/mol. The first-order valence-corrected chi connectivity index (χ1v) is 2.55. The van der Waals surface area contributed by atoms with Crippen LogP contribution < -0.4 is 0 Å². The minimum atomic E-state index is 0.676. The van der Waals surface area contributed by atoms with Gasteiger partial charge in [0.05, 0.1) is 0 Å². The minimum Gasteiger partial charge on any atom is -0.298 e. The van der Waals surface area contributed by atoms with Crippen LogP contribution in [0.4, 0.5) is 0 Å². The average Bonchev–Trinajstić information content (AvgIpc) is 1.89. The molecule has 0 aliphatic carbocycles. The molecule has 0 bridgehead atoms. The van der Waals surface area contributed by atoms with E-state index in [4.69, 9.17) is 0 Å².